The number of carboxylic acid groups (broad SMARTS) is 1. The van der Waals surface area contributed by atoms with Crippen LogP contribution in [0.1, 0.15) is 17.0 Å². The van der Waals surface area contributed by atoms with Crippen molar-refractivity contribution in [3.8, 4) is 6.07 Å². The molecule has 0 saturated carbocycles. The van der Waals surface area contributed by atoms with Crippen LogP contribution < -0.4 is 0 Å². The third-order valence-corrected chi connectivity index (χ3v) is 2.78. The van der Waals surface area contributed by atoms with Gasteiger partial charge in [-0.3, -0.25) is 0 Å². The Balaban J connectivity index is 3.13. The molecule has 0 bridgehead atoms. The molecule has 0 saturated heterocycles. The Labute approximate surface area is 106 Å². The lowest BCUT2D eigenvalue weighted by molar-refractivity contribution is -0.132. The lowest BCUT2D eigenvalue weighted by Crippen LogP contribution is -2.07. The number of aromatic nitrogens is 1. The molecule has 1 aromatic heterocycles. The number of carboxylic acids is 1. The second-order valence-electron chi connectivity index (χ2n) is 3.95. The number of rotatable bonds is 5. The second-order valence-corrected chi connectivity index (χ2v) is 3.95. The normalized spacial score (nSPS) is 11.3. The Kier molecular flexibility index (Phi) is 4.69. The molecule has 0 unspecified atom stereocenters. The molecule has 18 heavy (non-hydrogen) atoms. The highest BCUT2D eigenvalue weighted by atomic mass is 16.5. The molecule has 96 valence electrons. The molecule has 1 aromatic rings. The first-order valence-electron chi connectivity index (χ1n) is 5.52. The number of nitrogens with zero attached hydrogens (tertiary/aromatic N) is 2. The predicted molar refractivity (Wildman–Crippen MR) is 67.0 cm³/mol. The van der Waals surface area contributed by atoms with Crippen LogP contribution in [0.4, 0.5) is 0 Å². The second kappa shape index (κ2) is 6.03. The fraction of sp³-hybridized carbons (Fsp3) is 0.385. The van der Waals surface area contributed by atoms with Gasteiger partial charge in [0.1, 0.15) is 11.6 Å². The number of hydrogen-bond acceptors (Lipinski definition) is 3. The van der Waals surface area contributed by atoms with Gasteiger partial charge in [0, 0.05) is 25.0 Å². The van der Waals surface area contributed by atoms with Gasteiger partial charge in [0.2, 0.25) is 0 Å². The summed E-state index contributed by atoms with van der Waals surface area (Å²) in [5.41, 5.74) is 2.43. The SMILES string of the molecule is COCCn1c(C)cc(/C=C(/C#N)C(=O)O)c1C. The van der Waals surface area contributed by atoms with Crippen LogP contribution in [0.2, 0.25) is 0 Å². The zero-order chi connectivity index (χ0) is 13.7. The first kappa shape index (κ1) is 14.0. The summed E-state index contributed by atoms with van der Waals surface area (Å²) in [6.07, 6.45) is 1.40. The first-order chi connectivity index (χ1) is 8.51. The minimum absolute atomic E-state index is 0.262. The maximum absolute atomic E-state index is 10.8. The van der Waals surface area contributed by atoms with Crippen molar-refractivity contribution in [1.29, 1.82) is 5.26 Å². The van der Waals surface area contributed by atoms with E-state index < -0.39 is 5.97 Å². The van der Waals surface area contributed by atoms with Crippen LogP contribution in [-0.2, 0) is 16.1 Å². The van der Waals surface area contributed by atoms with Gasteiger partial charge < -0.3 is 14.4 Å². The van der Waals surface area contributed by atoms with Crippen molar-refractivity contribution in [3.63, 3.8) is 0 Å². The number of carbonyl (C=O) groups is 1. The number of aryl methyl sites for hydroxylation is 1. The van der Waals surface area contributed by atoms with Gasteiger partial charge in [-0.2, -0.15) is 5.26 Å². The van der Waals surface area contributed by atoms with E-state index >= 15 is 0 Å². The van der Waals surface area contributed by atoms with Crippen molar-refractivity contribution in [2.24, 2.45) is 0 Å². The molecular formula is C13H16N2O3. The van der Waals surface area contributed by atoms with Crippen molar-refractivity contribution in [3.05, 3.63) is 28.6 Å². The number of hydrogen-bond donors (Lipinski definition) is 1. The largest absolute Gasteiger partial charge is 0.477 e. The number of aliphatic carboxylic acids is 1. The topological polar surface area (TPSA) is 75.2 Å². The van der Waals surface area contributed by atoms with E-state index in [0.717, 1.165) is 17.0 Å². The molecule has 5 nitrogen and oxygen atoms in total. The van der Waals surface area contributed by atoms with E-state index in [1.165, 1.54) is 6.08 Å². The Hall–Kier alpha value is -2.06. The molecule has 1 N–H and O–H groups in total. The van der Waals surface area contributed by atoms with Gasteiger partial charge in [-0.25, -0.2) is 4.79 Å². The summed E-state index contributed by atoms with van der Waals surface area (Å²) in [7, 11) is 1.63. The van der Waals surface area contributed by atoms with Crippen molar-refractivity contribution in [1.82, 2.24) is 4.57 Å². The monoisotopic (exact) mass is 248 g/mol. The molecule has 0 atom stereocenters. The summed E-state index contributed by atoms with van der Waals surface area (Å²) in [5, 5.41) is 17.6. The summed E-state index contributed by atoms with van der Waals surface area (Å²) < 4.78 is 7.06. The molecule has 0 amide bonds. The van der Waals surface area contributed by atoms with Crippen LogP contribution in [-0.4, -0.2) is 29.4 Å². The highest BCUT2D eigenvalue weighted by Gasteiger charge is 2.11. The average molecular weight is 248 g/mol. The highest BCUT2D eigenvalue weighted by molar-refractivity contribution is 5.96. The maximum atomic E-state index is 10.8. The van der Waals surface area contributed by atoms with Gasteiger partial charge in [-0.1, -0.05) is 0 Å². The van der Waals surface area contributed by atoms with Crippen LogP contribution in [0.5, 0.6) is 0 Å². The summed E-state index contributed by atoms with van der Waals surface area (Å²) >= 11 is 0. The zero-order valence-corrected chi connectivity index (χ0v) is 10.7. The van der Waals surface area contributed by atoms with Crippen LogP contribution in [0, 0.1) is 25.2 Å². The molecule has 0 aliphatic heterocycles. The molecule has 0 spiro atoms. The van der Waals surface area contributed by atoms with Crippen LogP contribution in [0.15, 0.2) is 11.6 Å². The van der Waals surface area contributed by atoms with Crippen LogP contribution in [0.3, 0.4) is 0 Å². The van der Waals surface area contributed by atoms with Crippen molar-refractivity contribution >= 4 is 12.0 Å². The molecule has 0 aliphatic rings. The smallest absolute Gasteiger partial charge is 0.346 e. The van der Waals surface area contributed by atoms with Gasteiger partial charge in [-0.05, 0) is 31.6 Å². The van der Waals surface area contributed by atoms with E-state index in [4.69, 9.17) is 15.1 Å². The molecule has 0 radical (unpaired) electrons. The minimum Gasteiger partial charge on any atom is -0.477 e. The Morgan fingerprint density at radius 3 is 2.78 bits per heavy atom. The Morgan fingerprint density at radius 2 is 2.28 bits per heavy atom. The average Bonchev–Trinajstić information content (AvgIpc) is 2.59. The summed E-state index contributed by atoms with van der Waals surface area (Å²) in [6.45, 7) is 5.12. The van der Waals surface area contributed by atoms with Gasteiger partial charge in [0.05, 0.1) is 6.61 Å². The van der Waals surface area contributed by atoms with Crippen molar-refractivity contribution in [2.75, 3.05) is 13.7 Å². The molecule has 0 aliphatic carbocycles. The molecule has 5 heteroatoms. The summed E-state index contributed by atoms with van der Waals surface area (Å²) in [6, 6.07) is 3.54. The number of ether oxygens (including phenoxy) is 1. The summed E-state index contributed by atoms with van der Waals surface area (Å²) in [5.74, 6) is -1.21. The van der Waals surface area contributed by atoms with Gasteiger partial charge in [0.15, 0.2) is 0 Å². The fourth-order valence-corrected chi connectivity index (χ4v) is 1.80. The third kappa shape index (κ3) is 2.99. The fourth-order valence-electron chi connectivity index (χ4n) is 1.80. The van der Waals surface area contributed by atoms with E-state index in [-0.39, 0.29) is 5.57 Å². The van der Waals surface area contributed by atoms with Crippen molar-refractivity contribution in [2.45, 2.75) is 20.4 Å². The molecule has 0 aromatic carbocycles. The van der Waals surface area contributed by atoms with Gasteiger partial charge in [-0.15, -0.1) is 0 Å². The molecule has 1 rings (SSSR count). The molecular weight excluding hydrogens is 232 g/mol. The highest BCUT2D eigenvalue weighted by Crippen LogP contribution is 2.18. The lowest BCUT2D eigenvalue weighted by Gasteiger charge is -2.08. The summed E-state index contributed by atoms with van der Waals surface area (Å²) in [4.78, 5) is 10.8. The third-order valence-electron chi connectivity index (χ3n) is 2.78. The van der Waals surface area contributed by atoms with E-state index in [9.17, 15) is 4.79 Å². The van der Waals surface area contributed by atoms with E-state index in [0.29, 0.717) is 13.2 Å². The van der Waals surface area contributed by atoms with Crippen LogP contribution >= 0.6 is 0 Å². The Bertz CT molecular complexity index is 521. The van der Waals surface area contributed by atoms with Crippen LogP contribution in [0.25, 0.3) is 6.08 Å². The van der Waals surface area contributed by atoms with Gasteiger partial charge in [0.25, 0.3) is 0 Å². The lowest BCUT2D eigenvalue weighted by atomic mass is 10.1. The van der Waals surface area contributed by atoms with E-state index in [1.54, 1.807) is 13.2 Å². The predicted octanol–water partition coefficient (Wildman–Crippen LogP) is 1.74. The van der Waals surface area contributed by atoms with E-state index in [2.05, 4.69) is 0 Å². The minimum atomic E-state index is -1.21. The number of nitriles is 1. The van der Waals surface area contributed by atoms with E-state index in [1.807, 2.05) is 24.5 Å². The first-order valence-corrected chi connectivity index (χ1v) is 5.52. The standard InChI is InChI=1S/C13H16N2O3/c1-9-6-11(7-12(8-14)13(16)17)10(2)15(9)4-5-18-3/h6-7H,4-5H2,1-3H3,(H,16,17)/b12-7-. The molecule has 0 fully saturated rings. The Morgan fingerprint density at radius 1 is 1.61 bits per heavy atom. The quantitative estimate of drug-likeness (QED) is 0.636. The van der Waals surface area contributed by atoms with Gasteiger partial charge >= 0.3 is 5.97 Å². The number of methoxy groups -OCH3 is 1. The maximum Gasteiger partial charge on any atom is 0.346 e. The molecule has 1 heterocycles. The van der Waals surface area contributed by atoms with Crippen molar-refractivity contribution < 1.29 is 14.6 Å². The zero-order valence-electron chi connectivity index (χ0n) is 10.7.